The van der Waals surface area contributed by atoms with Gasteiger partial charge in [-0.1, -0.05) is 6.07 Å². The van der Waals surface area contributed by atoms with E-state index in [1.54, 1.807) is 39.9 Å². The van der Waals surface area contributed by atoms with Crippen molar-refractivity contribution in [1.29, 1.82) is 0 Å². The van der Waals surface area contributed by atoms with Gasteiger partial charge in [-0.05, 0) is 17.7 Å². The minimum atomic E-state index is -4.16. The van der Waals surface area contributed by atoms with Crippen molar-refractivity contribution in [2.24, 2.45) is 7.05 Å². The Labute approximate surface area is 159 Å². The minimum Gasteiger partial charge on any atom is -0.398 e. The number of aryl methyl sites for hydroxylation is 1. The van der Waals surface area contributed by atoms with E-state index in [4.69, 9.17) is 10.3 Å². The number of benzene rings is 1. The number of hydrogen-bond donors (Lipinski definition) is 3. The molecule has 4 N–H and O–H groups in total. The second-order valence-electron chi connectivity index (χ2n) is 6.15. The zero-order valence-electron chi connectivity index (χ0n) is 14.7. The summed E-state index contributed by atoms with van der Waals surface area (Å²) in [4.78, 5) is 8.84. The number of fused-ring (bicyclic) bond motifs is 1. The predicted molar refractivity (Wildman–Crippen MR) is 102 cm³/mol. The van der Waals surface area contributed by atoms with Gasteiger partial charge >= 0.3 is 0 Å². The molecule has 28 heavy (non-hydrogen) atoms. The second-order valence-corrected chi connectivity index (χ2v) is 7.60. The molecule has 0 fully saturated rings. The largest absolute Gasteiger partial charge is 0.398 e. The van der Waals surface area contributed by atoms with E-state index in [2.05, 4.69) is 25.5 Å². The van der Waals surface area contributed by atoms with Crippen molar-refractivity contribution < 1.29 is 13.0 Å². The quantitative estimate of drug-likeness (QED) is 0.331. The molecule has 4 rings (SSSR count). The lowest BCUT2D eigenvalue weighted by molar-refractivity contribution is 0.482. The molecule has 0 aliphatic heterocycles. The van der Waals surface area contributed by atoms with Crippen LogP contribution in [0.3, 0.4) is 0 Å². The Kier molecular flexibility index (Phi) is 4.20. The summed E-state index contributed by atoms with van der Waals surface area (Å²) in [5.74, 6) is -0.230. The lowest BCUT2D eigenvalue weighted by Crippen LogP contribution is -2.05. The van der Waals surface area contributed by atoms with Crippen molar-refractivity contribution in [3.8, 4) is 11.3 Å². The number of hydrogen-bond acceptors (Lipinski definition) is 8. The third-order valence-corrected chi connectivity index (χ3v) is 4.65. The van der Waals surface area contributed by atoms with Crippen LogP contribution in [0.2, 0.25) is 0 Å². The summed E-state index contributed by atoms with van der Waals surface area (Å²) in [5, 5.41) is 11.5. The topological polar surface area (TPSA) is 153 Å². The van der Waals surface area contributed by atoms with Crippen LogP contribution >= 0.6 is 0 Å². The zero-order chi connectivity index (χ0) is 19.9. The van der Waals surface area contributed by atoms with Crippen molar-refractivity contribution >= 4 is 33.1 Å². The Morgan fingerprint density at radius 3 is 2.82 bits per heavy atom. The number of nitrogens with zero attached hydrogens (tertiary/aromatic N) is 6. The Morgan fingerprint density at radius 1 is 1.32 bits per heavy atom. The van der Waals surface area contributed by atoms with Gasteiger partial charge in [0.15, 0.2) is 5.65 Å². The monoisotopic (exact) mass is 400 g/mol. The molecule has 144 valence electrons. The molecular weight excluding hydrogens is 384 g/mol. The summed E-state index contributed by atoms with van der Waals surface area (Å²) in [6.45, 7) is 0. The molecule has 0 aliphatic carbocycles. The summed E-state index contributed by atoms with van der Waals surface area (Å²) >= 11 is 0. The molecule has 1 aromatic carbocycles. The van der Waals surface area contributed by atoms with Gasteiger partial charge in [-0.2, -0.15) is 18.5 Å². The van der Waals surface area contributed by atoms with E-state index < -0.39 is 15.9 Å². The van der Waals surface area contributed by atoms with Gasteiger partial charge in [0.05, 0.1) is 6.20 Å². The van der Waals surface area contributed by atoms with Crippen LogP contribution in [0, 0.1) is 0 Å². The first kappa shape index (κ1) is 17.9. The van der Waals surface area contributed by atoms with Crippen LogP contribution in [0.1, 0.15) is 5.56 Å². The van der Waals surface area contributed by atoms with Crippen LogP contribution < -0.4 is 11.1 Å². The van der Waals surface area contributed by atoms with Crippen molar-refractivity contribution in [2.45, 2.75) is 5.75 Å². The summed E-state index contributed by atoms with van der Waals surface area (Å²) < 4.78 is 34.3. The molecule has 3 heterocycles. The fourth-order valence-corrected chi connectivity index (χ4v) is 3.40. The highest BCUT2D eigenvalue weighted by molar-refractivity contribution is 7.85. The Balaban J connectivity index is 1.65. The first-order chi connectivity index (χ1) is 13.3. The molecule has 4 aromatic rings. The van der Waals surface area contributed by atoms with E-state index in [9.17, 15) is 8.42 Å². The Bertz CT molecular complexity index is 1280. The molecule has 3 aromatic heterocycles. The van der Waals surface area contributed by atoms with Crippen molar-refractivity contribution in [2.75, 3.05) is 11.1 Å². The normalized spacial score (nSPS) is 11.8. The van der Waals surface area contributed by atoms with Crippen molar-refractivity contribution in [1.82, 2.24) is 29.4 Å². The van der Waals surface area contributed by atoms with Gasteiger partial charge in [0, 0.05) is 42.6 Å². The first-order valence-electron chi connectivity index (χ1n) is 8.09. The molecule has 0 spiro atoms. The number of nitrogens with two attached hydrogens (primary N) is 1. The molecule has 0 radical (unpaired) electrons. The maximum atomic E-state index is 11.0. The van der Waals surface area contributed by atoms with Gasteiger partial charge in [-0.3, -0.25) is 14.2 Å². The van der Waals surface area contributed by atoms with Crippen LogP contribution in [-0.2, 0) is 22.9 Å². The Morgan fingerprint density at radius 2 is 2.14 bits per heavy atom. The standard InChI is InChI=1S/C16H16N8O3S/c1-23-8-11(7-19-23)14-15-21-16(22-24(15)5-4-18-14)20-12-3-2-10(13(17)6-12)9-28(25,26)27/h2-8H,9,17H2,1H3,(H,20,22)(H,25,26,27). The maximum absolute atomic E-state index is 11.0. The van der Waals surface area contributed by atoms with Crippen LogP contribution in [0.5, 0.6) is 0 Å². The van der Waals surface area contributed by atoms with Crippen LogP contribution in [-0.4, -0.2) is 42.3 Å². The molecule has 12 heteroatoms. The summed E-state index contributed by atoms with van der Waals surface area (Å²) in [6.07, 6.45) is 6.82. The van der Waals surface area contributed by atoms with E-state index >= 15 is 0 Å². The van der Waals surface area contributed by atoms with Gasteiger partial charge in [0.1, 0.15) is 11.4 Å². The predicted octanol–water partition coefficient (Wildman–Crippen LogP) is 1.24. The molecular formula is C16H16N8O3S. The second kappa shape index (κ2) is 6.58. The van der Waals surface area contributed by atoms with E-state index in [-0.39, 0.29) is 5.69 Å². The molecule has 0 saturated heterocycles. The van der Waals surface area contributed by atoms with Crippen molar-refractivity contribution in [3.05, 3.63) is 48.5 Å². The molecule has 0 saturated carbocycles. The molecule has 0 amide bonds. The lowest BCUT2D eigenvalue weighted by Gasteiger charge is -2.07. The zero-order valence-corrected chi connectivity index (χ0v) is 15.5. The first-order valence-corrected chi connectivity index (χ1v) is 9.70. The fraction of sp³-hybridized carbons (Fsp3) is 0.125. The van der Waals surface area contributed by atoms with Crippen LogP contribution in [0.4, 0.5) is 17.3 Å². The summed E-state index contributed by atoms with van der Waals surface area (Å²) in [7, 11) is -2.34. The van der Waals surface area contributed by atoms with Crippen molar-refractivity contribution in [3.63, 3.8) is 0 Å². The third kappa shape index (κ3) is 3.63. The highest BCUT2D eigenvalue weighted by Gasteiger charge is 2.14. The lowest BCUT2D eigenvalue weighted by atomic mass is 10.2. The highest BCUT2D eigenvalue weighted by Crippen LogP contribution is 2.24. The third-order valence-electron chi connectivity index (χ3n) is 3.97. The average Bonchev–Trinajstić information content (AvgIpc) is 3.21. The summed E-state index contributed by atoms with van der Waals surface area (Å²) in [5.41, 5.74) is 8.98. The fourth-order valence-electron chi connectivity index (χ4n) is 2.75. The van der Waals surface area contributed by atoms with Gasteiger partial charge in [-0.25, -0.2) is 4.52 Å². The van der Waals surface area contributed by atoms with E-state index in [1.165, 1.54) is 6.07 Å². The van der Waals surface area contributed by atoms with Gasteiger partial charge in [-0.15, -0.1) is 5.10 Å². The van der Waals surface area contributed by atoms with Crippen LogP contribution in [0.25, 0.3) is 16.9 Å². The molecule has 0 atom stereocenters. The van der Waals surface area contributed by atoms with Crippen LogP contribution in [0.15, 0.2) is 43.0 Å². The number of rotatable bonds is 5. The van der Waals surface area contributed by atoms with E-state index in [0.29, 0.717) is 28.5 Å². The molecule has 0 aliphatic rings. The summed E-state index contributed by atoms with van der Waals surface area (Å²) in [6, 6.07) is 4.69. The van der Waals surface area contributed by atoms with Gasteiger partial charge < -0.3 is 11.1 Å². The molecule has 0 bridgehead atoms. The van der Waals surface area contributed by atoms with Gasteiger partial charge in [0.2, 0.25) is 5.95 Å². The SMILES string of the molecule is Cn1cc(-c2nccn3nc(Nc4ccc(CS(=O)(=O)O)c(N)c4)nc23)cn1. The van der Waals surface area contributed by atoms with Gasteiger partial charge in [0.25, 0.3) is 10.1 Å². The molecule has 11 nitrogen and oxygen atoms in total. The number of aromatic nitrogens is 6. The van der Waals surface area contributed by atoms with E-state index in [0.717, 1.165) is 5.56 Å². The average molecular weight is 400 g/mol. The number of nitrogen functional groups attached to an aromatic ring is 1. The molecule has 0 unspecified atom stereocenters. The maximum Gasteiger partial charge on any atom is 0.269 e. The smallest absolute Gasteiger partial charge is 0.269 e. The van der Waals surface area contributed by atoms with E-state index in [1.807, 2.05) is 13.2 Å². The highest BCUT2D eigenvalue weighted by atomic mass is 32.2. The number of nitrogens with one attached hydrogen (secondary N) is 1. The number of anilines is 3. The Hall–Kier alpha value is -3.51. The minimum absolute atomic E-state index is 0.226.